The summed E-state index contributed by atoms with van der Waals surface area (Å²) in [4.78, 5) is 7.73. The number of pyridine rings is 2. The van der Waals surface area contributed by atoms with Gasteiger partial charge in [0, 0.05) is 12.0 Å². The maximum atomic E-state index is 15.3. The molecule has 0 bridgehead atoms. The van der Waals surface area contributed by atoms with Gasteiger partial charge in [-0.2, -0.15) is 5.10 Å². The highest BCUT2D eigenvalue weighted by Crippen LogP contribution is 2.32. The summed E-state index contributed by atoms with van der Waals surface area (Å²) < 4.78 is 84.6. The number of halogens is 3. The first-order valence-corrected chi connectivity index (χ1v) is 14.3. The minimum atomic E-state index is -4.42. The summed E-state index contributed by atoms with van der Waals surface area (Å²) >= 11 is 0. The monoisotopic (exact) mass is 575 g/mol. The van der Waals surface area contributed by atoms with Gasteiger partial charge < -0.3 is 9.47 Å². The Morgan fingerprint density at radius 1 is 1.15 bits per heavy atom. The lowest BCUT2D eigenvalue weighted by Crippen LogP contribution is -2.19. The van der Waals surface area contributed by atoms with Crippen molar-refractivity contribution in [2.24, 2.45) is 0 Å². The number of hydrogen-bond donors (Lipinski definition) is 1. The van der Waals surface area contributed by atoms with Crippen molar-refractivity contribution in [1.82, 2.24) is 19.7 Å². The summed E-state index contributed by atoms with van der Waals surface area (Å²) in [6.07, 6.45) is 4.93. The normalized spacial score (nSPS) is 16.0. The highest BCUT2D eigenvalue weighted by molar-refractivity contribution is 7.92. The Morgan fingerprint density at radius 3 is 2.67 bits per heavy atom. The van der Waals surface area contributed by atoms with E-state index in [9.17, 15) is 17.2 Å². The van der Waals surface area contributed by atoms with Crippen LogP contribution in [0.5, 0.6) is 5.75 Å². The largest absolute Gasteiger partial charge is 0.487 e. The molecule has 5 rings (SSSR count). The molecule has 1 fully saturated rings. The van der Waals surface area contributed by atoms with Crippen LogP contribution in [0.4, 0.5) is 18.9 Å². The molecule has 0 spiro atoms. The first-order chi connectivity index (χ1) is 19.0. The van der Waals surface area contributed by atoms with Crippen molar-refractivity contribution >= 4 is 26.7 Å². The second kappa shape index (κ2) is 11.0. The van der Waals surface area contributed by atoms with Crippen LogP contribution in [0.15, 0.2) is 41.6 Å². The maximum absolute atomic E-state index is 15.3. The molecule has 40 heavy (non-hydrogen) atoms. The van der Waals surface area contributed by atoms with Gasteiger partial charge in [0.2, 0.25) is 0 Å². The van der Waals surface area contributed by atoms with Crippen LogP contribution in [0.25, 0.3) is 11.0 Å². The van der Waals surface area contributed by atoms with Crippen LogP contribution in [0.3, 0.4) is 0 Å². The van der Waals surface area contributed by atoms with Crippen molar-refractivity contribution in [1.29, 1.82) is 0 Å². The zero-order valence-corrected chi connectivity index (χ0v) is 22.9. The Labute approximate surface area is 229 Å². The lowest BCUT2D eigenvalue weighted by Gasteiger charge is -2.23. The number of ether oxygens (including phenoxy) is 2. The molecule has 1 N–H and O–H groups in total. The molecule has 1 aromatic carbocycles. The second-order valence-electron chi connectivity index (χ2n) is 9.87. The molecule has 1 aliphatic rings. The standard InChI is InChI=1S/C27H28F3N5O4S/c1-15(2)26-19-11-18(13-32-27(19)35(33-26)24-6-4-5-9-38-24)39-14-20-21(29)7-8-22(25(20)30)34-40(36,37)23-10-17(28)12-31-16(23)3/h7-8,10-13,15,24,34H,4-6,9,14H2,1-3H3. The molecule has 3 aromatic heterocycles. The van der Waals surface area contributed by atoms with Gasteiger partial charge >= 0.3 is 0 Å². The fourth-order valence-corrected chi connectivity index (χ4v) is 5.84. The molecule has 212 valence electrons. The molecule has 0 amide bonds. The van der Waals surface area contributed by atoms with E-state index in [1.807, 2.05) is 18.6 Å². The third-order valence-electron chi connectivity index (χ3n) is 6.64. The van der Waals surface area contributed by atoms with E-state index in [1.165, 1.54) is 13.1 Å². The molecule has 13 heteroatoms. The van der Waals surface area contributed by atoms with Crippen LogP contribution < -0.4 is 9.46 Å². The van der Waals surface area contributed by atoms with E-state index in [0.29, 0.717) is 12.3 Å². The number of aromatic nitrogens is 4. The van der Waals surface area contributed by atoms with Crippen molar-refractivity contribution in [3.63, 3.8) is 0 Å². The van der Waals surface area contributed by atoms with Crippen LogP contribution in [-0.4, -0.2) is 34.8 Å². The first-order valence-electron chi connectivity index (χ1n) is 12.8. The van der Waals surface area contributed by atoms with Gasteiger partial charge in [0.1, 0.15) is 28.9 Å². The summed E-state index contributed by atoms with van der Waals surface area (Å²) in [5.41, 5.74) is 0.414. The number of nitrogens with zero attached hydrogens (tertiary/aromatic N) is 4. The molecular formula is C27H28F3N5O4S. The van der Waals surface area contributed by atoms with E-state index in [0.717, 1.165) is 54.7 Å². The van der Waals surface area contributed by atoms with Crippen molar-refractivity contribution in [2.75, 3.05) is 11.3 Å². The summed E-state index contributed by atoms with van der Waals surface area (Å²) in [5.74, 6) is -2.64. The average molecular weight is 576 g/mol. The van der Waals surface area contributed by atoms with E-state index < -0.39 is 50.2 Å². The molecule has 1 atom stereocenters. The molecule has 1 aliphatic heterocycles. The van der Waals surface area contributed by atoms with Crippen LogP contribution >= 0.6 is 0 Å². The predicted molar refractivity (Wildman–Crippen MR) is 141 cm³/mol. The molecule has 1 saturated heterocycles. The zero-order chi connectivity index (χ0) is 28.6. The molecular weight excluding hydrogens is 547 g/mol. The molecule has 9 nitrogen and oxygen atoms in total. The number of nitrogens with one attached hydrogen (secondary N) is 1. The van der Waals surface area contributed by atoms with Crippen LogP contribution in [0, 0.1) is 24.4 Å². The predicted octanol–water partition coefficient (Wildman–Crippen LogP) is 5.75. The minimum absolute atomic E-state index is 0.0157. The van der Waals surface area contributed by atoms with E-state index in [2.05, 4.69) is 9.97 Å². The second-order valence-corrected chi connectivity index (χ2v) is 11.5. The van der Waals surface area contributed by atoms with Crippen LogP contribution in [0.2, 0.25) is 0 Å². The van der Waals surface area contributed by atoms with Crippen molar-refractivity contribution in [3.8, 4) is 5.75 Å². The van der Waals surface area contributed by atoms with Gasteiger partial charge in [0.05, 0.1) is 35.0 Å². The summed E-state index contributed by atoms with van der Waals surface area (Å²) in [7, 11) is -4.42. The third-order valence-corrected chi connectivity index (χ3v) is 8.12. The quantitative estimate of drug-likeness (QED) is 0.285. The van der Waals surface area contributed by atoms with Gasteiger partial charge in [-0.05, 0) is 56.4 Å². The number of anilines is 1. The highest BCUT2D eigenvalue weighted by Gasteiger charge is 2.25. The zero-order valence-electron chi connectivity index (χ0n) is 22.1. The SMILES string of the molecule is Cc1ncc(F)cc1S(=O)(=O)Nc1ccc(F)c(COc2cnc3c(c2)c(C(C)C)nn3C2CCCCO2)c1F. The maximum Gasteiger partial charge on any atom is 0.263 e. The average Bonchev–Trinajstić information content (AvgIpc) is 3.31. The topological polar surface area (TPSA) is 108 Å². The Balaban J connectivity index is 1.41. The number of benzene rings is 1. The Morgan fingerprint density at radius 2 is 1.95 bits per heavy atom. The number of fused-ring (bicyclic) bond motifs is 1. The Kier molecular flexibility index (Phi) is 7.69. The molecule has 1 unspecified atom stereocenters. The molecule has 0 saturated carbocycles. The van der Waals surface area contributed by atoms with Gasteiger partial charge in [0.15, 0.2) is 17.7 Å². The fourth-order valence-electron chi connectivity index (χ4n) is 4.57. The van der Waals surface area contributed by atoms with Crippen molar-refractivity contribution in [3.05, 3.63) is 71.1 Å². The van der Waals surface area contributed by atoms with E-state index in [1.54, 1.807) is 10.7 Å². The van der Waals surface area contributed by atoms with Crippen molar-refractivity contribution in [2.45, 2.75) is 63.7 Å². The van der Waals surface area contributed by atoms with Gasteiger partial charge in [0.25, 0.3) is 10.0 Å². The smallest absolute Gasteiger partial charge is 0.263 e. The van der Waals surface area contributed by atoms with Gasteiger partial charge in [-0.3, -0.25) is 9.71 Å². The van der Waals surface area contributed by atoms with Crippen LogP contribution in [-0.2, 0) is 21.4 Å². The van der Waals surface area contributed by atoms with Gasteiger partial charge in [-0.1, -0.05) is 13.8 Å². The van der Waals surface area contributed by atoms with E-state index in [4.69, 9.17) is 14.6 Å². The van der Waals surface area contributed by atoms with E-state index >= 15 is 4.39 Å². The summed E-state index contributed by atoms with van der Waals surface area (Å²) in [6, 6.07) is 4.35. The Hall–Kier alpha value is -3.71. The number of hydrogen-bond acceptors (Lipinski definition) is 7. The van der Waals surface area contributed by atoms with Gasteiger partial charge in [-0.15, -0.1) is 0 Å². The lowest BCUT2D eigenvalue weighted by atomic mass is 10.1. The molecule has 0 radical (unpaired) electrons. The summed E-state index contributed by atoms with van der Waals surface area (Å²) in [5, 5.41) is 5.48. The first kappa shape index (κ1) is 27.8. The molecule has 4 aromatic rings. The minimum Gasteiger partial charge on any atom is -0.487 e. The number of aryl methyl sites for hydroxylation is 1. The highest BCUT2D eigenvalue weighted by atomic mass is 32.2. The Bertz CT molecular complexity index is 1670. The van der Waals surface area contributed by atoms with Gasteiger partial charge in [-0.25, -0.2) is 31.3 Å². The van der Waals surface area contributed by atoms with Crippen LogP contribution in [0.1, 0.15) is 62.2 Å². The van der Waals surface area contributed by atoms with E-state index in [-0.39, 0.29) is 23.6 Å². The number of rotatable bonds is 8. The summed E-state index contributed by atoms with van der Waals surface area (Å²) in [6.45, 7) is 5.48. The van der Waals surface area contributed by atoms with Crippen molar-refractivity contribution < 1.29 is 31.1 Å². The lowest BCUT2D eigenvalue weighted by molar-refractivity contribution is -0.0372. The number of sulfonamides is 1. The molecule has 4 heterocycles. The fraction of sp³-hybridized carbons (Fsp3) is 0.370. The molecule has 0 aliphatic carbocycles. The third kappa shape index (κ3) is 5.48.